The highest BCUT2D eigenvalue weighted by atomic mass is 14.6. The van der Waals surface area contributed by atoms with Crippen LogP contribution in [0.15, 0.2) is 17.1 Å². The zero-order chi connectivity index (χ0) is 11.9. The van der Waals surface area contributed by atoms with Crippen molar-refractivity contribution in [2.75, 3.05) is 7.05 Å². The zero-order valence-electron chi connectivity index (χ0n) is 11.3. The molecular formula is C14H27N. The van der Waals surface area contributed by atoms with E-state index in [4.69, 9.17) is 0 Å². The second kappa shape index (κ2) is 6.09. The summed E-state index contributed by atoms with van der Waals surface area (Å²) in [4.78, 5) is 4.07. The fourth-order valence-corrected chi connectivity index (χ4v) is 2.22. The van der Waals surface area contributed by atoms with Gasteiger partial charge in [-0.05, 0) is 43.2 Å². The van der Waals surface area contributed by atoms with Gasteiger partial charge < -0.3 is 4.99 Å². The third-order valence-corrected chi connectivity index (χ3v) is 2.69. The maximum absolute atomic E-state index is 4.07. The first kappa shape index (κ1) is 14.4. The van der Waals surface area contributed by atoms with E-state index in [1.165, 1.54) is 6.42 Å². The quantitative estimate of drug-likeness (QED) is 0.451. The van der Waals surface area contributed by atoms with Crippen LogP contribution in [0.4, 0.5) is 0 Å². The Labute approximate surface area is 95.7 Å². The van der Waals surface area contributed by atoms with Gasteiger partial charge in [0.25, 0.3) is 0 Å². The molecule has 0 rings (SSSR count). The standard InChI is InChI=1S/C14H27N/c1-7-8-9-13(2,3)12-14(4,5)10-11-15-6/h7-8,11H,9-10,12H2,1-6H3/b8-7+,15-11?. The lowest BCUT2D eigenvalue weighted by Gasteiger charge is -2.33. The molecule has 0 amide bonds. The van der Waals surface area contributed by atoms with Gasteiger partial charge in [0.15, 0.2) is 0 Å². The molecule has 0 N–H and O–H groups in total. The SMILES string of the molecule is C/C=C/CC(C)(C)CC(C)(C)CC=NC. The Kier molecular flexibility index (Phi) is 5.85. The van der Waals surface area contributed by atoms with Crippen molar-refractivity contribution in [2.24, 2.45) is 15.8 Å². The van der Waals surface area contributed by atoms with Gasteiger partial charge in [-0.3, -0.25) is 0 Å². The molecule has 0 aromatic heterocycles. The van der Waals surface area contributed by atoms with Crippen LogP contribution in [0.5, 0.6) is 0 Å². The van der Waals surface area contributed by atoms with Crippen molar-refractivity contribution in [3.05, 3.63) is 12.2 Å². The van der Waals surface area contributed by atoms with Crippen LogP contribution in [-0.2, 0) is 0 Å². The van der Waals surface area contributed by atoms with Gasteiger partial charge >= 0.3 is 0 Å². The maximum atomic E-state index is 4.07. The van der Waals surface area contributed by atoms with Gasteiger partial charge in [-0.2, -0.15) is 0 Å². The molecule has 0 bridgehead atoms. The number of aliphatic imine (C=N–C) groups is 1. The molecular weight excluding hydrogens is 182 g/mol. The molecule has 0 radical (unpaired) electrons. The van der Waals surface area contributed by atoms with Crippen LogP contribution in [0.3, 0.4) is 0 Å². The van der Waals surface area contributed by atoms with Crippen LogP contribution in [0.2, 0.25) is 0 Å². The molecule has 15 heavy (non-hydrogen) atoms. The number of nitrogens with zero attached hydrogens (tertiary/aromatic N) is 1. The lowest BCUT2D eigenvalue weighted by molar-refractivity contribution is 0.204. The molecule has 0 spiro atoms. The third kappa shape index (κ3) is 7.35. The topological polar surface area (TPSA) is 12.4 Å². The monoisotopic (exact) mass is 209 g/mol. The minimum atomic E-state index is 0.352. The van der Waals surface area contributed by atoms with Gasteiger partial charge in [0.05, 0.1) is 0 Å². The average molecular weight is 209 g/mol. The van der Waals surface area contributed by atoms with E-state index in [9.17, 15) is 0 Å². The molecule has 0 aliphatic carbocycles. The Bertz CT molecular complexity index is 197. The van der Waals surface area contributed by atoms with E-state index >= 15 is 0 Å². The van der Waals surface area contributed by atoms with E-state index in [0.717, 1.165) is 12.8 Å². The van der Waals surface area contributed by atoms with Gasteiger partial charge in [-0.15, -0.1) is 0 Å². The van der Waals surface area contributed by atoms with Gasteiger partial charge in [-0.25, -0.2) is 0 Å². The summed E-state index contributed by atoms with van der Waals surface area (Å²) in [5, 5.41) is 0. The Balaban J connectivity index is 4.28. The summed E-state index contributed by atoms with van der Waals surface area (Å²) in [6.45, 7) is 11.4. The maximum Gasteiger partial charge on any atom is 0.0273 e. The van der Waals surface area contributed by atoms with E-state index in [2.05, 4.69) is 51.8 Å². The van der Waals surface area contributed by atoms with Gasteiger partial charge in [-0.1, -0.05) is 39.8 Å². The molecule has 0 fully saturated rings. The summed E-state index contributed by atoms with van der Waals surface area (Å²) in [6, 6.07) is 0. The van der Waals surface area contributed by atoms with Crippen molar-refractivity contribution in [3.8, 4) is 0 Å². The molecule has 0 saturated carbocycles. The fourth-order valence-electron chi connectivity index (χ4n) is 2.22. The Morgan fingerprint density at radius 1 is 1.00 bits per heavy atom. The Morgan fingerprint density at radius 3 is 2.00 bits per heavy atom. The van der Waals surface area contributed by atoms with Crippen molar-refractivity contribution >= 4 is 6.21 Å². The third-order valence-electron chi connectivity index (χ3n) is 2.69. The normalized spacial score (nSPS) is 14.3. The highest BCUT2D eigenvalue weighted by molar-refractivity contribution is 5.57. The summed E-state index contributed by atoms with van der Waals surface area (Å²) in [6.07, 6.45) is 9.91. The molecule has 0 saturated heterocycles. The second-order valence-corrected chi connectivity index (χ2v) is 5.92. The van der Waals surface area contributed by atoms with Crippen LogP contribution < -0.4 is 0 Å². The second-order valence-electron chi connectivity index (χ2n) is 5.92. The number of hydrogen-bond donors (Lipinski definition) is 0. The van der Waals surface area contributed by atoms with E-state index in [-0.39, 0.29) is 0 Å². The number of hydrogen-bond acceptors (Lipinski definition) is 1. The zero-order valence-corrected chi connectivity index (χ0v) is 11.3. The van der Waals surface area contributed by atoms with Gasteiger partial charge in [0.1, 0.15) is 0 Å². The van der Waals surface area contributed by atoms with Crippen LogP contribution in [0.25, 0.3) is 0 Å². The first-order valence-electron chi connectivity index (χ1n) is 5.85. The Morgan fingerprint density at radius 2 is 1.53 bits per heavy atom. The minimum absolute atomic E-state index is 0.352. The smallest absolute Gasteiger partial charge is 0.0273 e. The summed E-state index contributed by atoms with van der Waals surface area (Å²) in [5.41, 5.74) is 0.738. The molecule has 1 nitrogen and oxygen atoms in total. The van der Waals surface area contributed by atoms with E-state index < -0.39 is 0 Å². The summed E-state index contributed by atoms with van der Waals surface area (Å²) in [5.74, 6) is 0. The molecule has 1 heteroatoms. The molecule has 0 unspecified atom stereocenters. The minimum Gasteiger partial charge on any atom is -0.301 e. The largest absolute Gasteiger partial charge is 0.301 e. The van der Waals surface area contributed by atoms with Crippen molar-refractivity contribution in [1.29, 1.82) is 0 Å². The van der Waals surface area contributed by atoms with Crippen molar-refractivity contribution in [2.45, 2.75) is 53.9 Å². The predicted octanol–water partition coefficient (Wildman–Crippen LogP) is 4.49. The van der Waals surface area contributed by atoms with Crippen molar-refractivity contribution in [1.82, 2.24) is 0 Å². The van der Waals surface area contributed by atoms with E-state index in [0.29, 0.717) is 10.8 Å². The molecule has 0 aromatic rings. The highest BCUT2D eigenvalue weighted by Crippen LogP contribution is 2.38. The first-order chi connectivity index (χ1) is 6.83. The molecule has 0 atom stereocenters. The Hall–Kier alpha value is -0.590. The number of allylic oxidation sites excluding steroid dienone is 2. The predicted molar refractivity (Wildman–Crippen MR) is 70.6 cm³/mol. The van der Waals surface area contributed by atoms with Gasteiger partial charge in [0, 0.05) is 7.05 Å². The lowest BCUT2D eigenvalue weighted by Crippen LogP contribution is -2.23. The van der Waals surface area contributed by atoms with Gasteiger partial charge in [0.2, 0.25) is 0 Å². The van der Waals surface area contributed by atoms with Crippen LogP contribution in [0.1, 0.15) is 53.9 Å². The first-order valence-corrected chi connectivity index (χ1v) is 5.85. The molecule has 0 heterocycles. The van der Waals surface area contributed by atoms with Crippen LogP contribution >= 0.6 is 0 Å². The summed E-state index contributed by atoms with van der Waals surface area (Å²) < 4.78 is 0. The summed E-state index contributed by atoms with van der Waals surface area (Å²) >= 11 is 0. The fraction of sp³-hybridized carbons (Fsp3) is 0.786. The number of rotatable bonds is 6. The van der Waals surface area contributed by atoms with Crippen molar-refractivity contribution in [3.63, 3.8) is 0 Å². The molecule has 0 aliphatic rings. The molecule has 0 aliphatic heterocycles. The van der Waals surface area contributed by atoms with E-state index in [1.54, 1.807) is 0 Å². The van der Waals surface area contributed by atoms with E-state index in [1.807, 2.05) is 13.3 Å². The highest BCUT2D eigenvalue weighted by Gasteiger charge is 2.27. The molecule has 0 aromatic carbocycles. The average Bonchev–Trinajstić information content (AvgIpc) is 2.10. The van der Waals surface area contributed by atoms with Crippen LogP contribution in [0, 0.1) is 10.8 Å². The van der Waals surface area contributed by atoms with Crippen molar-refractivity contribution < 1.29 is 0 Å². The summed E-state index contributed by atoms with van der Waals surface area (Å²) in [7, 11) is 1.85. The molecule has 88 valence electrons. The lowest BCUT2D eigenvalue weighted by atomic mass is 9.72. The van der Waals surface area contributed by atoms with Crippen LogP contribution in [-0.4, -0.2) is 13.3 Å².